The van der Waals surface area contributed by atoms with Crippen LogP contribution >= 0.6 is 11.6 Å². The normalized spacial score (nSPS) is 11.1. The molecule has 0 saturated heterocycles. The van der Waals surface area contributed by atoms with E-state index in [1.807, 2.05) is 0 Å². The van der Waals surface area contributed by atoms with Gasteiger partial charge in [-0.2, -0.15) is 0 Å². The molecule has 0 amide bonds. The number of halogens is 1. The lowest BCUT2D eigenvalue weighted by atomic mass is 10.3. The van der Waals surface area contributed by atoms with Gasteiger partial charge in [-0.1, -0.05) is 11.6 Å². The van der Waals surface area contributed by atoms with Crippen LogP contribution in [0.1, 0.15) is 6.92 Å². The Bertz CT molecular complexity index is 853. The maximum absolute atomic E-state index is 12.9. The van der Waals surface area contributed by atoms with Gasteiger partial charge in [-0.05, 0) is 37.3 Å². The first-order chi connectivity index (χ1) is 11.3. The van der Waals surface area contributed by atoms with Crippen molar-refractivity contribution in [1.29, 1.82) is 0 Å². The van der Waals surface area contributed by atoms with Crippen molar-refractivity contribution in [2.45, 2.75) is 11.8 Å². The van der Waals surface area contributed by atoms with Crippen LogP contribution in [0.5, 0.6) is 5.75 Å². The van der Waals surface area contributed by atoms with Gasteiger partial charge < -0.3 is 4.74 Å². The van der Waals surface area contributed by atoms with Gasteiger partial charge in [-0.15, -0.1) is 0 Å². The summed E-state index contributed by atoms with van der Waals surface area (Å²) in [6.07, 6.45) is 0. The molecule has 0 heterocycles. The Balaban J connectivity index is 2.53. The number of non-ortho nitro benzene ring substituents is 1. The van der Waals surface area contributed by atoms with Crippen LogP contribution in [0.25, 0.3) is 0 Å². The smallest absolute Gasteiger partial charge is 0.271 e. The summed E-state index contributed by atoms with van der Waals surface area (Å²) in [5.41, 5.74) is -0.179. The molecule has 0 saturated carbocycles. The number of hydrogen-bond donors (Lipinski definition) is 0. The second kappa shape index (κ2) is 7.06. The maximum Gasteiger partial charge on any atom is 0.271 e. The molecule has 0 aliphatic carbocycles. The number of nitro benzene ring substituents is 1. The average Bonchev–Trinajstić information content (AvgIpc) is 2.56. The van der Waals surface area contributed by atoms with E-state index in [0.717, 1.165) is 10.4 Å². The van der Waals surface area contributed by atoms with Crippen LogP contribution < -0.4 is 9.04 Å². The zero-order valence-electron chi connectivity index (χ0n) is 13.0. The minimum atomic E-state index is -3.92. The van der Waals surface area contributed by atoms with Crippen LogP contribution in [0.2, 0.25) is 5.02 Å². The molecule has 0 atom stereocenters. The third-order valence-corrected chi connectivity index (χ3v) is 5.57. The summed E-state index contributed by atoms with van der Waals surface area (Å²) in [6.45, 7) is 1.69. The van der Waals surface area contributed by atoms with Crippen LogP contribution in [0.15, 0.2) is 47.4 Å². The Morgan fingerprint density at radius 1 is 1.21 bits per heavy atom. The molecule has 0 spiro atoms. The standard InChI is InChI=1S/C15H15ClN2O5S/c1-3-17(15-10-11(18(19)20)4-9-14(15)16)24(21,22)13-7-5-12(23-2)6-8-13/h4-10H,3H2,1-2H3. The monoisotopic (exact) mass is 370 g/mol. The molecule has 0 N–H and O–H groups in total. The van der Waals surface area contributed by atoms with Gasteiger partial charge in [0.25, 0.3) is 15.7 Å². The summed E-state index contributed by atoms with van der Waals surface area (Å²) >= 11 is 6.07. The van der Waals surface area contributed by atoms with Gasteiger partial charge in [-0.25, -0.2) is 8.42 Å². The highest BCUT2D eigenvalue weighted by Crippen LogP contribution is 2.33. The van der Waals surface area contributed by atoms with Gasteiger partial charge in [0.15, 0.2) is 0 Å². The quantitative estimate of drug-likeness (QED) is 0.573. The number of nitrogens with zero attached hydrogens (tertiary/aromatic N) is 2. The first kappa shape index (κ1) is 18.0. The topological polar surface area (TPSA) is 89.8 Å². The van der Waals surface area contributed by atoms with Crippen LogP contribution in [-0.2, 0) is 10.0 Å². The summed E-state index contributed by atoms with van der Waals surface area (Å²) in [4.78, 5) is 10.4. The number of ether oxygens (including phenoxy) is 1. The Labute approximate surface area is 144 Å². The molecule has 0 radical (unpaired) electrons. The van der Waals surface area contributed by atoms with Crippen molar-refractivity contribution in [1.82, 2.24) is 0 Å². The average molecular weight is 371 g/mol. The number of nitro groups is 1. The predicted octanol–water partition coefficient (Wildman–Crippen LogP) is 3.47. The minimum Gasteiger partial charge on any atom is -0.497 e. The first-order valence-electron chi connectivity index (χ1n) is 6.92. The van der Waals surface area contributed by atoms with Gasteiger partial charge in [-0.3, -0.25) is 14.4 Å². The van der Waals surface area contributed by atoms with Crippen LogP contribution in [0.4, 0.5) is 11.4 Å². The van der Waals surface area contributed by atoms with Crippen molar-refractivity contribution < 1.29 is 18.1 Å². The molecular formula is C15H15ClN2O5S. The summed E-state index contributed by atoms with van der Waals surface area (Å²) in [6, 6.07) is 9.53. The van der Waals surface area contributed by atoms with Gasteiger partial charge in [0.1, 0.15) is 5.75 Å². The molecule has 24 heavy (non-hydrogen) atoms. The number of rotatable bonds is 6. The molecule has 7 nitrogen and oxygen atoms in total. The molecule has 0 unspecified atom stereocenters. The van der Waals surface area contributed by atoms with Crippen molar-refractivity contribution in [3.8, 4) is 5.75 Å². The molecular weight excluding hydrogens is 356 g/mol. The van der Waals surface area contributed by atoms with Gasteiger partial charge in [0, 0.05) is 18.7 Å². The highest BCUT2D eigenvalue weighted by atomic mass is 35.5. The molecule has 2 aromatic rings. The van der Waals surface area contributed by atoms with E-state index in [9.17, 15) is 18.5 Å². The minimum absolute atomic E-state index is 0.0349. The highest BCUT2D eigenvalue weighted by molar-refractivity contribution is 7.92. The zero-order valence-corrected chi connectivity index (χ0v) is 14.5. The molecule has 9 heteroatoms. The lowest BCUT2D eigenvalue weighted by Gasteiger charge is -2.23. The number of sulfonamides is 1. The van der Waals surface area contributed by atoms with E-state index in [2.05, 4.69) is 0 Å². The molecule has 0 aliphatic heterocycles. The van der Waals surface area contributed by atoms with E-state index in [1.165, 1.54) is 43.5 Å². The van der Waals surface area contributed by atoms with E-state index in [1.54, 1.807) is 6.92 Å². The van der Waals surface area contributed by atoms with E-state index >= 15 is 0 Å². The molecule has 2 rings (SSSR count). The first-order valence-corrected chi connectivity index (χ1v) is 8.73. The van der Waals surface area contributed by atoms with Crippen LogP contribution in [-0.4, -0.2) is 27.0 Å². The van der Waals surface area contributed by atoms with Crippen LogP contribution in [0.3, 0.4) is 0 Å². The Hall–Kier alpha value is -2.32. The molecule has 0 bridgehead atoms. The number of methoxy groups -OCH3 is 1. The maximum atomic E-state index is 12.9. The van der Waals surface area contributed by atoms with Crippen molar-refractivity contribution in [3.05, 3.63) is 57.6 Å². The van der Waals surface area contributed by atoms with Crippen molar-refractivity contribution in [3.63, 3.8) is 0 Å². The van der Waals surface area contributed by atoms with E-state index in [0.29, 0.717) is 5.75 Å². The van der Waals surface area contributed by atoms with Gasteiger partial charge in [0.05, 0.1) is 27.6 Å². The number of anilines is 1. The molecule has 0 aromatic heterocycles. The second-order valence-corrected chi connectivity index (χ2v) is 7.01. The summed E-state index contributed by atoms with van der Waals surface area (Å²) in [7, 11) is -2.45. The lowest BCUT2D eigenvalue weighted by molar-refractivity contribution is -0.384. The third-order valence-electron chi connectivity index (χ3n) is 3.34. The third kappa shape index (κ3) is 3.44. The zero-order chi connectivity index (χ0) is 17.9. The van der Waals surface area contributed by atoms with E-state index in [-0.39, 0.29) is 27.8 Å². The second-order valence-electron chi connectivity index (χ2n) is 4.74. The van der Waals surface area contributed by atoms with Crippen molar-refractivity contribution in [2.24, 2.45) is 0 Å². The van der Waals surface area contributed by atoms with E-state index in [4.69, 9.17) is 16.3 Å². The molecule has 0 aliphatic rings. The lowest BCUT2D eigenvalue weighted by Crippen LogP contribution is -2.31. The van der Waals surface area contributed by atoms with Gasteiger partial charge in [0.2, 0.25) is 0 Å². The predicted molar refractivity (Wildman–Crippen MR) is 91.3 cm³/mol. The SMILES string of the molecule is CCN(c1cc([N+](=O)[O-])ccc1Cl)S(=O)(=O)c1ccc(OC)cc1. The fraction of sp³-hybridized carbons (Fsp3) is 0.200. The largest absolute Gasteiger partial charge is 0.497 e. The number of benzene rings is 2. The molecule has 128 valence electrons. The number of hydrogen-bond acceptors (Lipinski definition) is 5. The molecule has 0 fully saturated rings. The fourth-order valence-electron chi connectivity index (χ4n) is 2.15. The Morgan fingerprint density at radius 2 is 1.83 bits per heavy atom. The Morgan fingerprint density at radius 3 is 2.33 bits per heavy atom. The summed E-state index contributed by atoms with van der Waals surface area (Å²) < 4.78 is 31.7. The van der Waals surface area contributed by atoms with Crippen molar-refractivity contribution in [2.75, 3.05) is 18.0 Å². The summed E-state index contributed by atoms with van der Waals surface area (Å²) in [5, 5.41) is 11.1. The molecule has 2 aromatic carbocycles. The Kier molecular flexibility index (Phi) is 5.30. The van der Waals surface area contributed by atoms with Crippen molar-refractivity contribution >= 4 is 33.0 Å². The van der Waals surface area contributed by atoms with Crippen LogP contribution in [0, 0.1) is 10.1 Å². The summed E-state index contributed by atoms with van der Waals surface area (Å²) in [5.74, 6) is 0.519. The van der Waals surface area contributed by atoms with Gasteiger partial charge >= 0.3 is 0 Å². The highest BCUT2D eigenvalue weighted by Gasteiger charge is 2.26. The van der Waals surface area contributed by atoms with E-state index < -0.39 is 14.9 Å². The fourth-order valence-corrected chi connectivity index (χ4v) is 3.90.